The number of oxazole rings is 1. The van der Waals surface area contributed by atoms with E-state index in [0.717, 1.165) is 11.3 Å². The van der Waals surface area contributed by atoms with Crippen molar-refractivity contribution >= 4 is 29.9 Å². The van der Waals surface area contributed by atoms with E-state index in [1.54, 1.807) is 12.3 Å². The minimum absolute atomic E-state index is 0. The molecule has 1 fully saturated rings. The second-order valence-corrected chi connectivity index (χ2v) is 8.87. The molecule has 2 aromatic rings. The second-order valence-electron chi connectivity index (χ2n) is 8.87. The summed E-state index contributed by atoms with van der Waals surface area (Å²) < 4.78 is 25.8. The van der Waals surface area contributed by atoms with Crippen molar-refractivity contribution in [3.8, 4) is 5.75 Å². The third-order valence-corrected chi connectivity index (χ3v) is 4.99. The Morgan fingerprint density at radius 2 is 2.10 bits per heavy atom. The maximum atomic E-state index is 14.4. The quantitative estimate of drug-likeness (QED) is 0.267. The van der Waals surface area contributed by atoms with Crippen molar-refractivity contribution in [3.05, 3.63) is 47.4 Å². The highest BCUT2D eigenvalue weighted by Crippen LogP contribution is 2.30. The summed E-state index contributed by atoms with van der Waals surface area (Å²) in [5.74, 6) is 2.59. The van der Waals surface area contributed by atoms with Crippen LogP contribution in [0.5, 0.6) is 5.75 Å². The molecular weight excluding hydrogens is 510 g/mol. The van der Waals surface area contributed by atoms with Gasteiger partial charge in [-0.25, -0.2) is 14.4 Å². The maximum absolute atomic E-state index is 14.4. The fraction of sp³-hybridized carbons (Fsp3) is 0.565. The SMILES string of the molecule is CCNC(=NCc1ncc(C(C)(C)C)o1)NC(C)c1ccc(OCC2CC2)c(F)c1.I. The number of nitrogens with one attached hydrogen (secondary N) is 2. The molecule has 1 aliphatic rings. The minimum atomic E-state index is -0.335. The summed E-state index contributed by atoms with van der Waals surface area (Å²) in [5, 5.41) is 6.52. The van der Waals surface area contributed by atoms with Crippen LogP contribution >= 0.6 is 24.0 Å². The van der Waals surface area contributed by atoms with E-state index < -0.39 is 0 Å². The maximum Gasteiger partial charge on any atom is 0.216 e. The molecule has 8 heteroatoms. The summed E-state index contributed by atoms with van der Waals surface area (Å²) in [6, 6.07) is 4.98. The van der Waals surface area contributed by atoms with Gasteiger partial charge in [-0.2, -0.15) is 0 Å². The van der Waals surface area contributed by atoms with Crippen molar-refractivity contribution in [1.29, 1.82) is 0 Å². The lowest BCUT2D eigenvalue weighted by Gasteiger charge is -2.19. The zero-order valence-electron chi connectivity index (χ0n) is 19.0. The van der Waals surface area contributed by atoms with Crippen LogP contribution in [-0.4, -0.2) is 24.1 Å². The molecule has 0 saturated heterocycles. The predicted octanol–water partition coefficient (Wildman–Crippen LogP) is 5.33. The molecule has 0 aliphatic heterocycles. The number of benzene rings is 1. The van der Waals surface area contributed by atoms with Crippen molar-refractivity contribution in [2.75, 3.05) is 13.2 Å². The van der Waals surface area contributed by atoms with Gasteiger partial charge in [0, 0.05) is 12.0 Å². The first kappa shape index (κ1) is 25.4. The topological polar surface area (TPSA) is 71.7 Å². The number of halogens is 2. The van der Waals surface area contributed by atoms with Gasteiger partial charge < -0.3 is 19.8 Å². The summed E-state index contributed by atoms with van der Waals surface area (Å²) >= 11 is 0. The van der Waals surface area contributed by atoms with Gasteiger partial charge in [0.2, 0.25) is 5.89 Å². The van der Waals surface area contributed by atoms with E-state index in [-0.39, 0.29) is 41.3 Å². The third kappa shape index (κ3) is 7.66. The normalized spacial score (nSPS) is 15.2. The van der Waals surface area contributed by atoms with Crippen LogP contribution < -0.4 is 15.4 Å². The van der Waals surface area contributed by atoms with Gasteiger partial charge in [-0.15, -0.1) is 24.0 Å². The number of aliphatic imine (C=N–C) groups is 1. The molecule has 0 radical (unpaired) electrons. The first-order valence-corrected chi connectivity index (χ1v) is 10.7. The van der Waals surface area contributed by atoms with Gasteiger partial charge in [0.25, 0.3) is 0 Å². The smallest absolute Gasteiger partial charge is 0.216 e. The monoisotopic (exact) mass is 544 g/mol. The minimum Gasteiger partial charge on any atom is -0.490 e. The molecule has 1 heterocycles. The predicted molar refractivity (Wildman–Crippen MR) is 132 cm³/mol. The summed E-state index contributed by atoms with van der Waals surface area (Å²) in [6.07, 6.45) is 4.11. The molecule has 2 N–H and O–H groups in total. The van der Waals surface area contributed by atoms with Crippen molar-refractivity contribution < 1.29 is 13.5 Å². The van der Waals surface area contributed by atoms with Crippen molar-refractivity contribution in [3.63, 3.8) is 0 Å². The number of rotatable bonds is 8. The number of guanidine groups is 1. The van der Waals surface area contributed by atoms with Crippen molar-refractivity contribution in [1.82, 2.24) is 15.6 Å². The van der Waals surface area contributed by atoms with E-state index in [2.05, 4.69) is 41.4 Å². The molecule has 1 aliphatic carbocycles. The van der Waals surface area contributed by atoms with E-state index in [4.69, 9.17) is 9.15 Å². The molecule has 1 saturated carbocycles. The van der Waals surface area contributed by atoms with Gasteiger partial charge in [-0.3, -0.25) is 0 Å². The number of nitrogens with zero attached hydrogens (tertiary/aromatic N) is 2. The molecule has 31 heavy (non-hydrogen) atoms. The standard InChI is InChI=1S/C23H33FN4O2.HI/c1-6-25-22(27-13-21-26-12-20(30-21)23(3,4)5)28-15(2)17-9-10-19(18(24)11-17)29-14-16-7-8-16;/h9-12,15-16H,6-8,13-14H2,1-5H3,(H2,25,27,28);1H. The van der Waals surface area contributed by atoms with Crippen molar-refractivity contribution in [2.24, 2.45) is 10.9 Å². The number of aromatic nitrogens is 1. The van der Waals surface area contributed by atoms with Gasteiger partial charge >= 0.3 is 0 Å². The first-order valence-electron chi connectivity index (χ1n) is 10.7. The van der Waals surface area contributed by atoms with Crippen LogP contribution in [0.15, 0.2) is 33.8 Å². The van der Waals surface area contributed by atoms with E-state index in [1.165, 1.54) is 18.9 Å². The fourth-order valence-corrected chi connectivity index (χ4v) is 2.88. The lowest BCUT2D eigenvalue weighted by Crippen LogP contribution is -2.38. The molecule has 1 atom stereocenters. The number of hydrogen-bond acceptors (Lipinski definition) is 4. The summed E-state index contributed by atoms with van der Waals surface area (Å²) in [6.45, 7) is 11.8. The third-order valence-electron chi connectivity index (χ3n) is 4.99. The molecule has 172 valence electrons. The number of hydrogen-bond donors (Lipinski definition) is 2. The van der Waals surface area contributed by atoms with Crippen LogP contribution in [0.4, 0.5) is 4.39 Å². The molecule has 1 unspecified atom stereocenters. The molecular formula is C23H34FIN4O2. The van der Waals surface area contributed by atoms with Crippen molar-refractivity contribution in [2.45, 2.75) is 65.5 Å². The second kappa shape index (κ2) is 11.2. The highest BCUT2D eigenvalue weighted by molar-refractivity contribution is 14.0. The Bertz CT molecular complexity index is 875. The molecule has 1 aromatic heterocycles. The van der Waals surface area contributed by atoms with Gasteiger partial charge in [-0.05, 0) is 50.3 Å². The Labute approximate surface area is 201 Å². The Balaban J connectivity index is 0.00000341. The summed E-state index contributed by atoms with van der Waals surface area (Å²) in [7, 11) is 0. The largest absolute Gasteiger partial charge is 0.490 e. The van der Waals surface area contributed by atoms with Crippen LogP contribution in [0.1, 0.15) is 70.7 Å². The molecule has 0 spiro atoms. The van der Waals surface area contributed by atoms with Gasteiger partial charge in [0.15, 0.2) is 17.5 Å². The van der Waals surface area contributed by atoms with Gasteiger partial charge in [0.05, 0.1) is 18.8 Å². The lowest BCUT2D eigenvalue weighted by molar-refractivity contribution is 0.285. The van der Waals surface area contributed by atoms with Crippen LogP contribution in [0, 0.1) is 11.7 Å². The Kier molecular flexibility index (Phi) is 9.14. The summed E-state index contributed by atoms with van der Waals surface area (Å²) in [5.41, 5.74) is 0.730. The van der Waals surface area contributed by atoms with Gasteiger partial charge in [-0.1, -0.05) is 26.8 Å². The van der Waals surface area contributed by atoms with Crippen LogP contribution in [-0.2, 0) is 12.0 Å². The van der Waals surface area contributed by atoms with E-state index in [0.29, 0.717) is 43.2 Å². The molecule has 0 bridgehead atoms. The van der Waals surface area contributed by atoms with Gasteiger partial charge in [0.1, 0.15) is 12.3 Å². The Morgan fingerprint density at radius 3 is 2.68 bits per heavy atom. The first-order chi connectivity index (χ1) is 14.3. The van der Waals surface area contributed by atoms with Crippen LogP contribution in [0.25, 0.3) is 0 Å². The Hall–Kier alpha value is -1.84. The zero-order valence-corrected chi connectivity index (χ0v) is 21.3. The van der Waals surface area contributed by atoms with E-state index >= 15 is 0 Å². The fourth-order valence-electron chi connectivity index (χ4n) is 2.88. The van der Waals surface area contributed by atoms with E-state index in [1.807, 2.05) is 19.9 Å². The zero-order chi connectivity index (χ0) is 21.7. The average molecular weight is 544 g/mol. The molecule has 1 aromatic carbocycles. The van der Waals surface area contributed by atoms with E-state index in [9.17, 15) is 4.39 Å². The highest BCUT2D eigenvalue weighted by Gasteiger charge is 2.23. The van der Waals surface area contributed by atoms with Crippen LogP contribution in [0.3, 0.4) is 0 Å². The summed E-state index contributed by atoms with van der Waals surface area (Å²) in [4.78, 5) is 8.87. The average Bonchev–Trinajstić information content (AvgIpc) is 3.38. The lowest BCUT2D eigenvalue weighted by atomic mass is 9.94. The Morgan fingerprint density at radius 1 is 1.35 bits per heavy atom. The molecule has 0 amide bonds. The molecule has 6 nitrogen and oxygen atoms in total. The highest BCUT2D eigenvalue weighted by atomic mass is 127. The molecule has 3 rings (SSSR count). The van der Waals surface area contributed by atoms with Crippen LogP contribution in [0.2, 0.25) is 0 Å². The number of ether oxygens (including phenoxy) is 1.